The Morgan fingerprint density at radius 3 is 2.80 bits per heavy atom. The highest BCUT2D eigenvalue weighted by molar-refractivity contribution is 7.09. The Labute approximate surface area is 183 Å². The van der Waals surface area contributed by atoms with E-state index in [1.54, 1.807) is 40.8 Å². The minimum Gasteiger partial charge on any atom is -0.494 e. The standard InChI is InChI=1S/C23H20ClN3O2S/c1-2-29-19-7-8-21-17(12-19)11-18(22(24)26-21)14-27(15-20-6-4-10-30-20)23(28)16-5-3-9-25-13-16/h3-13H,2,14-15H2,1H3. The maximum Gasteiger partial charge on any atom is 0.256 e. The normalized spacial score (nSPS) is 10.9. The molecule has 7 heteroatoms. The number of rotatable bonds is 7. The molecular formula is C23H20ClN3O2S. The number of amides is 1. The average molecular weight is 438 g/mol. The highest BCUT2D eigenvalue weighted by atomic mass is 35.5. The summed E-state index contributed by atoms with van der Waals surface area (Å²) >= 11 is 8.10. The summed E-state index contributed by atoms with van der Waals surface area (Å²) in [5.41, 5.74) is 2.11. The van der Waals surface area contributed by atoms with Gasteiger partial charge in [-0.2, -0.15) is 0 Å². The number of thiophene rings is 1. The highest BCUT2D eigenvalue weighted by Crippen LogP contribution is 2.26. The predicted molar refractivity (Wildman–Crippen MR) is 120 cm³/mol. The van der Waals surface area contributed by atoms with Crippen molar-refractivity contribution in [3.05, 3.63) is 87.5 Å². The van der Waals surface area contributed by atoms with Gasteiger partial charge in [0.15, 0.2) is 0 Å². The molecule has 5 nitrogen and oxygen atoms in total. The number of fused-ring (bicyclic) bond motifs is 1. The van der Waals surface area contributed by atoms with Crippen LogP contribution in [-0.2, 0) is 13.1 Å². The molecule has 0 spiro atoms. The van der Waals surface area contributed by atoms with Crippen LogP contribution in [0, 0.1) is 0 Å². The van der Waals surface area contributed by atoms with Crippen LogP contribution in [0.15, 0.2) is 66.3 Å². The van der Waals surface area contributed by atoms with Crippen LogP contribution in [0.5, 0.6) is 5.75 Å². The lowest BCUT2D eigenvalue weighted by Gasteiger charge is -2.23. The van der Waals surface area contributed by atoms with Crippen LogP contribution in [-0.4, -0.2) is 27.4 Å². The summed E-state index contributed by atoms with van der Waals surface area (Å²) in [6.45, 7) is 3.36. The quantitative estimate of drug-likeness (QED) is 0.354. The zero-order valence-corrected chi connectivity index (χ0v) is 18.0. The first-order chi connectivity index (χ1) is 14.6. The lowest BCUT2D eigenvalue weighted by atomic mass is 10.1. The van der Waals surface area contributed by atoms with Gasteiger partial charge in [-0.15, -0.1) is 11.3 Å². The molecule has 0 radical (unpaired) electrons. The van der Waals surface area contributed by atoms with Gasteiger partial charge in [-0.05, 0) is 54.8 Å². The first-order valence-corrected chi connectivity index (χ1v) is 10.8. The van der Waals surface area contributed by atoms with Crippen molar-refractivity contribution >= 4 is 39.7 Å². The van der Waals surface area contributed by atoms with Gasteiger partial charge < -0.3 is 9.64 Å². The molecule has 1 amide bonds. The Kier molecular flexibility index (Phi) is 6.26. The second kappa shape index (κ2) is 9.24. The molecule has 3 heterocycles. The van der Waals surface area contributed by atoms with E-state index in [0.717, 1.165) is 27.1 Å². The van der Waals surface area contributed by atoms with E-state index in [0.29, 0.717) is 30.4 Å². The lowest BCUT2D eigenvalue weighted by molar-refractivity contribution is 0.0731. The number of carbonyl (C=O) groups is 1. The van der Waals surface area contributed by atoms with Crippen LogP contribution in [0.3, 0.4) is 0 Å². The Bertz CT molecular complexity index is 1150. The first kappa shape index (κ1) is 20.3. The summed E-state index contributed by atoms with van der Waals surface area (Å²) in [7, 11) is 0. The van der Waals surface area contributed by atoms with Crippen LogP contribution in [0.2, 0.25) is 5.15 Å². The molecule has 152 valence electrons. The number of carbonyl (C=O) groups excluding carboxylic acids is 1. The fraction of sp³-hybridized carbons (Fsp3) is 0.174. The fourth-order valence-electron chi connectivity index (χ4n) is 3.21. The monoisotopic (exact) mass is 437 g/mol. The number of pyridine rings is 2. The smallest absolute Gasteiger partial charge is 0.256 e. The van der Waals surface area contributed by atoms with E-state index in [-0.39, 0.29) is 5.91 Å². The maximum absolute atomic E-state index is 13.2. The molecule has 1 aromatic carbocycles. The van der Waals surface area contributed by atoms with E-state index < -0.39 is 0 Å². The van der Waals surface area contributed by atoms with E-state index in [2.05, 4.69) is 9.97 Å². The number of aromatic nitrogens is 2. The van der Waals surface area contributed by atoms with Gasteiger partial charge in [-0.3, -0.25) is 9.78 Å². The molecule has 0 N–H and O–H groups in total. The number of benzene rings is 1. The molecule has 0 aliphatic heterocycles. The van der Waals surface area contributed by atoms with Gasteiger partial charge in [-0.1, -0.05) is 17.7 Å². The topological polar surface area (TPSA) is 55.3 Å². The minimum atomic E-state index is -0.101. The Hall–Kier alpha value is -2.96. The van der Waals surface area contributed by atoms with Crippen molar-refractivity contribution in [2.45, 2.75) is 20.0 Å². The maximum atomic E-state index is 13.2. The van der Waals surface area contributed by atoms with Gasteiger partial charge >= 0.3 is 0 Å². The van der Waals surface area contributed by atoms with Crippen molar-refractivity contribution in [3.8, 4) is 5.75 Å². The number of halogens is 1. The SMILES string of the molecule is CCOc1ccc2nc(Cl)c(CN(Cc3cccs3)C(=O)c3cccnc3)cc2c1. The minimum absolute atomic E-state index is 0.101. The van der Waals surface area contributed by atoms with Gasteiger partial charge in [0.1, 0.15) is 10.9 Å². The van der Waals surface area contributed by atoms with Crippen molar-refractivity contribution in [1.29, 1.82) is 0 Å². The van der Waals surface area contributed by atoms with E-state index in [9.17, 15) is 4.79 Å². The third-order valence-electron chi connectivity index (χ3n) is 4.61. The van der Waals surface area contributed by atoms with Crippen molar-refractivity contribution in [3.63, 3.8) is 0 Å². The number of ether oxygens (including phenoxy) is 1. The zero-order chi connectivity index (χ0) is 20.9. The zero-order valence-electron chi connectivity index (χ0n) is 16.4. The number of hydrogen-bond donors (Lipinski definition) is 0. The van der Waals surface area contributed by atoms with Crippen LogP contribution in [0.25, 0.3) is 10.9 Å². The van der Waals surface area contributed by atoms with Gasteiger partial charge in [0.2, 0.25) is 0 Å². The Morgan fingerprint density at radius 1 is 1.17 bits per heavy atom. The second-order valence-corrected chi connectivity index (χ2v) is 8.10. The second-order valence-electron chi connectivity index (χ2n) is 6.71. The third-order valence-corrected chi connectivity index (χ3v) is 5.80. The van der Waals surface area contributed by atoms with E-state index >= 15 is 0 Å². The summed E-state index contributed by atoms with van der Waals surface area (Å²) < 4.78 is 5.60. The predicted octanol–water partition coefficient (Wildman–Crippen LogP) is 5.59. The average Bonchev–Trinajstić information content (AvgIpc) is 3.27. The molecule has 0 atom stereocenters. The number of hydrogen-bond acceptors (Lipinski definition) is 5. The van der Waals surface area contributed by atoms with Crippen molar-refractivity contribution in [2.75, 3.05) is 6.61 Å². The fourth-order valence-corrected chi connectivity index (χ4v) is 4.13. The molecule has 0 unspecified atom stereocenters. The summed E-state index contributed by atoms with van der Waals surface area (Å²) in [4.78, 5) is 24.7. The van der Waals surface area contributed by atoms with E-state index in [4.69, 9.17) is 16.3 Å². The highest BCUT2D eigenvalue weighted by Gasteiger charge is 2.19. The van der Waals surface area contributed by atoms with Crippen LogP contribution < -0.4 is 4.74 Å². The van der Waals surface area contributed by atoms with Crippen molar-refractivity contribution < 1.29 is 9.53 Å². The van der Waals surface area contributed by atoms with Gasteiger partial charge in [0.05, 0.1) is 24.2 Å². The van der Waals surface area contributed by atoms with Gasteiger partial charge in [-0.25, -0.2) is 4.98 Å². The molecule has 0 saturated carbocycles. The molecule has 4 rings (SSSR count). The van der Waals surface area contributed by atoms with Crippen molar-refractivity contribution in [2.24, 2.45) is 0 Å². The molecule has 3 aromatic heterocycles. The Balaban J connectivity index is 1.68. The van der Waals surface area contributed by atoms with Crippen LogP contribution in [0.4, 0.5) is 0 Å². The van der Waals surface area contributed by atoms with E-state index in [1.807, 2.05) is 48.7 Å². The Morgan fingerprint density at radius 2 is 2.07 bits per heavy atom. The van der Waals surface area contributed by atoms with Gasteiger partial charge in [0, 0.05) is 34.8 Å². The molecule has 30 heavy (non-hydrogen) atoms. The third kappa shape index (κ3) is 4.61. The molecule has 0 fully saturated rings. The van der Waals surface area contributed by atoms with Crippen molar-refractivity contribution in [1.82, 2.24) is 14.9 Å². The van der Waals surface area contributed by atoms with Crippen LogP contribution >= 0.6 is 22.9 Å². The first-order valence-electron chi connectivity index (χ1n) is 9.57. The van der Waals surface area contributed by atoms with E-state index in [1.165, 1.54) is 0 Å². The molecule has 0 saturated heterocycles. The summed E-state index contributed by atoms with van der Waals surface area (Å²) in [6, 6.07) is 15.2. The summed E-state index contributed by atoms with van der Waals surface area (Å²) in [5, 5.41) is 3.31. The summed E-state index contributed by atoms with van der Waals surface area (Å²) in [6.07, 6.45) is 3.23. The molecule has 0 aliphatic carbocycles. The van der Waals surface area contributed by atoms with Gasteiger partial charge in [0.25, 0.3) is 5.91 Å². The molecule has 4 aromatic rings. The van der Waals surface area contributed by atoms with Crippen LogP contribution in [0.1, 0.15) is 27.7 Å². The summed E-state index contributed by atoms with van der Waals surface area (Å²) in [5.74, 6) is 0.678. The molecular weight excluding hydrogens is 418 g/mol. The largest absolute Gasteiger partial charge is 0.494 e. The lowest BCUT2D eigenvalue weighted by Crippen LogP contribution is -2.30. The molecule has 0 bridgehead atoms. The molecule has 0 aliphatic rings. The number of nitrogens with zero attached hydrogens (tertiary/aromatic N) is 3.